The van der Waals surface area contributed by atoms with Gasteiger partial charge in [-0.15, -0.1) is 0 Å². The minimum absolute atomic E-state index is 0.0768. The van der Waals surface area contributed by atoms with E-state index in [1.807, 2.05) is 44.4 Å². The predicted molar refractivity (Wildman–Crippen MR) is 109 cm³/mol. The number of carbonyl (C=O) groups excluding carboxylic acids is 2. The molecule has 5 nitrogen and oxygen atoms in total. The lowest BCUT2D eigenvalue weighted by Crippen LogP contribution is -2.38. The smallest absolute Gasteiger partial charge is 0.253 e. The van der Waals surface area contributed by atoms with Crippen molar-refractivity contribution in [1.82, 2.24) is 14.8 Å². The van der Waals surface area contributed by atoms with Gasteiger partial charge in [-0.25, -0.2) is 0 Å². The van der Waals surface area contributed by atoms with Crippen LogP contribution in [0.3, 0.4) is 0 Å². The van der Waals surface area contributed by atoms with Gasteiger partial charge in [-0.2, -0.15) is 0 Å². The molecule has 0 spiro atoms. The van der Waals surface area contributed by atoms with Gasteiger partial charge in [0, 0.05) is 56.3 Å². The fourth-order valence-electron chi connectivity index (χ4n) is 3.20. The molecule has 0 unspecified atom stereocenters. The zero-order chi connectivity index (χ0) is 19.6. The maximum atomic E-state index is 12.8. The molecule has 1 atom stereocenters. The molecule has 1 N–H and O–H groups in total. The van der Waals surface area contributed by atoms with Crippen LogP contribution in [0.5, 0.6) is 0 Å². The second kappa shape index (κ2) is 7.66. The Kier molecular flexibility index (Phi) is 5.31. The van der Waals surface area contributed by atoms with Crippen molar-refractivity contribution in [2.24, 2.45) is 7.05 Å². The molecule has 2 amide bonds. The number of rotatable bonds is 5. The Labute approximate surface area is 159 Å². The van der Waals surface area contributed by atoms with Gasteiger partial charge in [-0.3, -0.25) is 9.59 Å². The number of benzene rings is 2. The molecule has 5 heteroatoms. The molecule has 1 heterocycles. The first-order valence-corrected chi connectivity index (χ1v) is 9.04. The lowest BCUT2D eigenvalue weighted by molar-refractivity contribution is -0.121. The maximum absolute atomic E-state index is 12.8. The van der Waals surface area contributed by atoms with Gasteiger partial charge in [-0.05, 0) is 48.4 Å². The fourth-order valence-corrected chi connectivity index (χ4v) is 3.20. The topological polar surface area (TPSA) is 54.3 Å². The Morgan fingerprint density at radius 2 is 1.85 bits per heavy atom. The SMILES string of the molecule is CNC(=O)C[C@H](C)N(C)C(=O)c1cccc(-c2ccc3c(ccn3C)c2)c1. The molecule has 27 heavy (non-hydrogen) atoms. The molecule has 3 aromatic rings. The summed E-state index contributed by atoms with van der Waals surface area (Å²) in [5, 5.41) is 3.77. The number of nitrogens with one attached hydrogen (secondary N) is 1. The molecule has 0 bridgehead atoms. The van der Waals surface area contributed by atoms with Crippen LogP contribution in [0.1, 0.15) is 23.7 Å². The van der Waals surface area contributed by atoms with Crippen LogP contribution < -0.4 is 5.32 Å². The van der Waals surface area contributed by atoms with Crippen LogP contribution in [0.4, 0.5) is 0 Å². The maximum Gasteiger partial charge on any atom is 0.253 e. The number of hydrogen-bond donors (Lipinski definition) is 1. The minimum Gasteiger partial charge on any atom is -0.359 e. The highest BCUT2D eigenvalue weighted by Crippen LogP contribution is 2.26. The van der Waals surface area contributed by atoms with E-state index in [4.69, 9.17) is 0 Å². The van der Waals surface area contributed by atoms with Gasteiger partial charge in [0.25, 0.3) is 5.91 Å². The molecule has 0 radical (unpaired) electrons. The van der Waals surface area contributed by atoms with E-state index >= 15 is 0 Å². The van der Waals surface area contributed by atoms with Gasteiger partial charge in [0.1, 0.15) is 0 Å². The summed E-state index contributed by atoms with van der Waals surface area (Å²) in [6, 6.07) is 15.8. The van der Waals surface area contributed by atoms with E-state index in [2.05, 4.69) is 34.1 Å². The van der Waals surface area contributed by atoms with Crippen LogP contribution >= 0.6 is 0 Å². The van der Waals surface area contributed by atoms with Gasteiger partial charge in [0.2, 0.25) is 5.91 Å². The molecular weight excluding hydrogens is 338 g/mol. The van der Waals surface area contributed by atoms with E-state index in [9.17, 15) is 9.59 Å². The summed E-state index contributed by atoms with van der Waals surface area (Å²) in [5.41, 5.74) is 3.86. The number of aryl methyl sites for hydroxylation is 1. The van der Waals surface area contributed by atoms with Crippen molar-refractivity contribution >= 4 is 22.7 Å². The third-order valence-corrected chi connectivity index (χ3v) is 5.07. The molecule has 1 aromatic heterocycles. The van der Waals surface area contributed by atoms with Crippen molar-refractivity contribution in [3.05, 3.63) is 60.3 Å². The van der Waals surface area contributed by atoms with Gasteiger partial charge < -0.3 is 14.8 Å². The average Bonchev–Trinajstić information content (AvgIpc) is 3.07. The normalized spacial score (nSPS) is 12.0. The molecule has 0 aliphatic rings. The summed E-state index contributed by atoms with van der Waals surface area (Å²) in [7, 11) is 5.36. The van der Waals surface area contributed by atoms with Crippen molar-refractivity contribution in [3.8, 4) is 11.1 Å². The van der Waals surface area contributed by atoms with Crippen molar-refractivity contribution < 1.29 is 9.59 Å². The summed E-state index contributed by atoms with van der Waals surface area (Å²) >= 11 is 0. The average molecular weight is 363 g/mol. The number of nitrogens with zero attached hydrogens (tertiary/aromatic N) is 2. The summed E-state index contributed by atoms with van der Waals surface area (Å²) in [6.07, 6.45) is 2.32. The number of hydrogen-bond acceptors (Lipinski definition) is 2. The van der Waals surface area contributed by atoms with Gasteiger partial charge in [0.15, 0.2) is 0 Å². The van der Waals surface area contributed by atoms with E-state index in [0.29, 0.717) is 5.56 Å². The summed E-state index contributed by atoms with van der Waals surface area (Å²) < 4.78 is 2.09. The third-order valence-electron chi connectivity index (χ3n) is 5.07. The largest absolute Gasteiger partial charge is 0.359 e. The number of aromatic nitrogens is 1. The highest BCUT2D eigenvalue weighted by Gasteiger charge is 2.20. The standard InChI is InChI=1S/C22H25N3O2/c1-15(12-21(26)23-2)25(4)22(27)19-7-5-6-16(14-19)17-8-9-20-18(13-17)10-11-24(20)3/h5-11,13-15H,12H2,1-4H3,(H,23,26)/t15-/m0/s1. The molecule has 2 aromatic carbocycles. The van der Waals surface area contributed by atoms with Crippen LogP contribution in [0.2, 0.25) is 0 Å². The lowest BCUT2D eigenvalue weighted by atomic mass is 10.0. The number of carbonyl (C=O) groups is 2. The van der Waals surface area contributed by atoms with Crippen molar-refractivity contribution in [3.63, 3.8) is 0 Å². The molecule has 140 valence electrons. The zero-order valence-electron chi connectivity index (χ0n) is 16.2. The van der Waals surface area contributed by atoms with Crippen molar-refractivity contribution in [1.29, 1.82) is 0 Å². The van der Waals surface area contributed by atoms with Crippen LogP contribution in [-0.2, 0) is 11.8 Å². The minimum atomic E-state index is -0.179. The predicted octanol–water partition coefficient (Wildman–Crippen LogP) is 3.44. The van der Waals surface area contributed by atoms with Crippen LogP contribution in [0.25, 0.3) is 22.0 Å². The van der Waals surface area contributed by atoms with Crippen LogP contribution in [0.15, 0.2) is 54.7 Å². The molecule has 0 aliphatic carbocycles. The Morgan fingerprint density at radius 1 is 1.11 bits per heavy atom. The van der Waals surface area contributed by atoms with Crippen molar-refractivity contribution in [2.75, 3.05) is 14.1 Å². The summed E-state index contributed by atoms with van der Waals surface area (Å²) in [6.45, 7) is 1.88. The molecular formula is C22H25N3O2. The van der Waals surface area contributed by atoms with E-state index < -0.39 is 0 Å². The van der Waals surface area contributed by atoms with E-state index in [0.717, 1.165) is 11.1 Å². The number of amides is 2. The highest BCUT2D eigenvalue weighted by molar-refractivity contribution is 5.96. The first-order valence-electron chi connectivity index (χ1n) is 9.04. The van der Waals surface area contributed by atoms with Gasteiger partial charge >= 0.3 is 0 Å². The monoisotopic (exact) mass is 363 g/mol. The first-order chi connectivity index (χ1) is 12.9. The van der Waals surface area contributed by atoms with E-state index in [-0.39, 0.29) is 24.3 Å². The van der Waals surface area contributed by atoms with Crippen molar-refractivity contribution in [2.45, 2.75) is 19.4 Å². The Morgan fingerprint density at radius 3 is 2.59 bits per heavy atom. The van der Waals surface area contributed by atoms with Gasteiger partial charge in [-0.1, -0.05) is 18.2 Å². The van der Waals surface area contributed by atoms with Crippen LogP contribution in [-0.4, -0.2) is 41.4 Å². The Balaban J connectivity index is 1.85. The second-order valence-electron chi connectivity index (χ2n) is 6.92. The van der Waals surface area contributed by atoms with Crippen LogP contribution in [0, 0.1) is 0 Å². The number of fused-ring (bicyclic) bond motifs is 1. The molecule has 3 rings (SSSR count). The zero-order valence-corrected chi connectivity index (χ0v) is 16.2. The summed E-state index contributed by atoms with van der Waals surface area (Å²) in [4.78, 5) is 26.0. The Bertz CT molecular complexity index is 990. The molecule has 0 saturated heterocycles. The van der Waals surface area contributed by atoms with E-state index in [1.54, 1.807) is 19.0 Å². The van der Waals surface area contributed by atoms with Gasteiger partial charge in [0.05, 0.1) is 0 Å². The quantitative estimate of drug-likeness (QED) is 0.755. The second-order valence-corrected chi connectivity index (χ2v) is 6.92. The fraction of sp³-hybridized carbons (Fsp3) is 0.273. The highest BCUT2D eigenvalue weighted by atomic mass is 16.2. The molecule has 0 fully saturated rings. The lowest BCUT2D eigenvalue weighted by Gasteiger charge is -2.24. The first kappa shape index (κ1) is 18.7. The summed E-state index contributed by atoms with van der Waals surface area (Å²) in [5.74, 6) is -0.166. The third kappa shape index (κ3) is 3.87. The Hall–Kier alpha value is -3.08. The van der Waals surface area contributed by atoms with E-state index in [1.165, 1.54) is 10.9 Å². The molecule has 0 saturated carbocycles. The molecule has 0 aliphatic heterocycles.